The summed E-state index contributed by atoms with van der Waals surface area (Å²) in [5.41, 5.74) is 3.54. The van der Waals surface area contributed by atoms with E-state index in [1.54, 1.807) is 70.7 Å². The molecule has 0 saturated carbocycles. The van der Waals surface area contributed by atoms with Crippen molar-refractivity contribution in [1.82, 2.24) is 23.2 Å². The van der Waals surface area contributed by atoms with E-state index < -0.39 is 23.6 Å². The summed E-state index contributed by atoms with van der Waals surface area (Å²) < 4.78 is 6.01. The van der Waals surface area contributed by atoms with E-state index in [4.69, 9.17) is 0 Å². The first-order valence-electron chi connectivity index (χ1n) is 10.9. The van der Waals surface area contributed by atoms with Gasteiger partial charge in [-0.25, -0.2) is 9.59 Å². The van der Waals surface area contributed by atoms with Crippen LogP contribution in [0.15, 0.2) is 50.9 Å². The number of thioether (sulfide) groups is 1. The van der Waals surface area contributed by atoms with Crippen LogP contribution in [0, 0.1) is 0 Å². The van der Waals surface area contributed by atoms with E-state index in [9.17, 15) is 24.0 Å². The Kier molecular flexibility index (Phi) is 5.47. The second-order valence-electron chi connectivity index (χ2n) is 8.57. The molecule has 3 heterocycles. The zero-order chi connectivity index (χ0) is 25.9. The molecule has 4 aromatic rings. The molecule has 11 nitrogen and oxygen atoms in total. The molecule has 184 valence electrons. The van der Waals surface area contributed by atoms with Crippen LogP contribution in [-0.4, -0.2) is 46.8 Å². The number of imidazole rings is 2. The average Bonchev–Trinajstić information content (AvgIpc) is 3.33. The maximum absolute atomic E-state index is 12.9. The van der Waals surface area contributed by atoms with E-state index in [2.05, 4.69) is 5.32 Å². The van der Waals surface area contributed by atoms with Gasteiger partial charge in [0.15, 0.2) is 0 Å². The molecule has 0 aliphatic carbocycles. The summed E-state index contributed by atoms with van der Waals surface area (Å²) in [4.78, 5) is 63.4. The summed E-state index contributed by atoms with van der Waals surface area (Å²) in [5.74, 6) is -1.11. The van der Waals surface area contributed by atoms with Crippen molar-refractivity contribution in [3.05, 3.63) is 67.8 Å². The monoisotopic (exact) mass is 506 g/mol. The molecule has 0 spiro atoms. The fraction of sp³-hybridized carbons (Fsp3) is 0.208. The molecule has 5 rings (SSSR count). The summed E-state index contributed by atoms with van der Waals surface area (Å²) in [6, 6.07) is 10.3. The number of benzene rings is 2. The van der Waals surface area contributed by atoms with Gasteiger partial charge in [0, 0.05) is 33.9 Å². The predicted octanol–water partition coefficient (Wildman–Crippen LogP) is 1.74. The molecule has 12 heteroatoms. The number of hydrogen-bond acceptors (Lipinski definition) is 6. The Balaban J connectivity index is 1.34. The molecule has 0 atom stereocenters. The molecule has 0 unspecified atom stereocenters. The van der Waals surface area contributed by atoms with Crippen molar-refractivity contribution < 1.29 is 14.4 Å². The maximum atomic E-state index is 12.9. The third kappa shape index (κ3) is 3.66. The molecule has 0 radical (unpaired) electrons. The number of aromatic nitrogens is 4. The number of fused-ring (bicyclic) bond motifs is 2. The molecule has 1 fully saturated rings. The molecule has 2 aromatic heterocycles. The minimum absolute atomic E-state index is 0.165. The van der Waals surface area contributed by atoms with Crippen molar-refractivity contribution in [3.8, 4) is 0 Å². The van der Waals surface area contributed by atoms with Crippen LogP contribution in [0.5, 0.6) is 0 Å². The van der Waals surface area contributed by atoms with E-state index in [0.29, 0.717) is 27.8 Å². The maximum Gasteiger partial charge on any atom is 0.328 e. The van der Waals surface area contributed by atoms with E-state index in [1.807, 2.05) is 0 Å². The highest BCUT2D eigenvalue weighted by Gasteiger charge is 2.36. The molecule has 3 amide bonds. The van der Waals surface area contributed by atoms with Crippen LogP contribution >= 0.6 is 11.8 Å². The quantitative estimate of drug-likeness (QED) is 0.421. The van der Waals surface area contributed by atoms with Crippen molar-refractivity contribution in [2.45, 2.75) is 0 Å². The molecule has 1 saturated heterocycles. The fourth-order valence-electron chi connectivity index (χ4n) is 4.33. The van der Waals surface area contributed by atoms with Gasteiger partial charge in [-0.1, -0.05) is 6.07 Å². The van der Waals surface area contributed by atoms with Gasteiger partial charge in [-0.2, -0.15) is 0 Å². The van der Waals surface area contributed by atoms with Crippen molar-refractivity contribution in [1.29, 1.82) is 0 Å². The largest absolute Gasteiger partial charge is 0.328 e. The van der Waals surface area contributed by atoms with Gasteiger partial charge < -0.3 is 5.32 Å². The van der Waals surface area contributed by atoms with Crippen molar-refractivity contribution in [2.75, 3.05) is 11.9 Å². The van der Waals surface area contributed by atoms with Crippen molar-refractivity contribution >= 4 is 62.6 Å². The number of nitrogens with zero attached hydrogens (tertiary/aromatic N) is 5. The number of amides is 3. The van der Waals surface area contributed by atoms with Gasteiger partial charge in [0.05, 0.1) is 27.0 Å². The molecular weight excluding hydrogens is 484 g/mol. The lowest BCUT2D eigenvalue weighted by molar-refractivity contribution is -0.127. The Hall–Kier alpha value is -4.32. The highest BCUT2D eigenvalue weighted by Crippen LogP contribution is 2.32. The van der Waals surface area contributed by atoms with E-state index >= 15 is 0 Å². The molecule has 1 aliphatic heterocycles. The summed E-state index contributed by atoms with van der Waals surface area (Å²) in [6.45, 7) is -0.444. The Morgan fingerprint density at radius 3 is 2.00 bits per heavy atom. The number of nitrogens with one attached hydrogen (secondary N) is 1. The lowest BCUT2D eigenvalue weighted by Gasteiger charge is -2.12. The Bertz CT molecular complexity index is 1770. The summed E-state index contributed by atoms with van der Waals surface area (Å²) >= 11 is 0.755. The first kappa shape index (κ1) is 23.4. The van der Waals surface area contributed by atoms with Crippen LogP contribution in [0.1, 0.15) is 5.56 Å². The second-order valence-corrected chi connectivity index (χ2v) is 9.56. The fourth-order valence-corrected chi connectivity index (χ4v) is 5.17. The number of hydrogen-bond donors (Lipinski definition) is 1. The van der Waals surface area contributed by atoms with Crippen LogP contribution < -0.4 is 16.7 Å². The van der Waals surface area contributed by atoms with Gasteiger partial charge in [0.2, 0.25) is 5.91 Å². The zero-order valence-corrected chi connectivity index (χ0v) is 20.8. The van der Waals surface area contributed by atoms with E-state index in [1.165, 1.54) is 18.3 Å². The zero-order valence-electron chi connectivity index (χ0n) is 19.9. The highest BCUT2D eigenvalue weighted by molar-refractivity contribution is 8.18. The van der Waals surface area contributed by atoms with Crippen molar-refractivity contribution in [3.63, 3.8) is 0 Å². The number of anilines is 1. The normalized spacial score (nSPS) is 15.1. The first-order chi connectivity index (χ1) is 17.1. The third-order valence-electron chi connectivity index (χ3n) is 6.32. The lowest BCUT2D eigenvalue weighted by atomic mass is 10.2. The van der Waals surface area contributed by atoms with Crippen LogP contribution in [0.25, 0.3) is 28.1 Å². The van der Waals surface area contributed by atoms with Gasteiger partial charge in [-0.15, -0.1) is 0 Å². The summed E-state index contributed by atoms with van der Waals surface area (Å²) in [7, 11) is 6.64. The summed E-state index contributed by atoms with van der Waals surface area (Å²) in [5, 5.41) is 2.14. The van der Waals surface area contributed by atoms with Gasteiger partial charge in [0.25, 0.3) is 11.1 Å². The van der Waals surface area contributed by atoms with Crippen LogP contribution in [0.3, 0.4) is 0 Å². The molecule has 2 aromatic carbocycles. The molecule has 1 aliphatic rings. The SMILES string of the molecule is Cn1c(=O)n(C)c2cc(/C=C3\SC(=O)N(CC(=O)Nc4ccc5c(c4)n(C)c(=O)n5C)C3=O)ccc21. The predicted molar refractivity (Wildman–Crippen MR) is 138 cm³/mol. The average molecular weight is 507 g/mol. The number of carbonyl (C=O) groups is 3. The Morgan fingerprint density at radius 1 is 0.806 bits per heavy atom. The topological polar surface area (TPSA) is 120 Å². The minimum atomic E-state index is -0.567. The molecule has 1 N–H and O–H groups in total. The van der Waals surface area contributed by atoms with Gasteiger partial charge >= 0.3 is 11.4 Å². The first-order valence-corrected chi connectivity index (χ1v) is 11.7. The van der Waals surface area contributed by atoms with Crippen molar-refractivity contribution in [2.24, 2.45) is 28.2 Å². The number of imide groups is 1. The minimum Gasteiger partial charge on any atom is -0.324 e. The lowest BCUT2D eigenvalue weighted by Crippen LogP contribution is -2.36. The van der Waals surface area contributed by atoms with Crippen LogP contribution in [0.4, 0.5) is 10.5 Å². The molecule has 0 bridgehead atoms. The standard InChI is InChI=1S/C24H22N6O5S/c1-26-15-7-5-13(9-17(15)28(3)22(26)33)10-19-21(32)30(24(35)36-19)12-20(31)25-14-6-8-16-18(11-14)29(4)23(34)27(16)2/h5-11H,12H2,1-4H3,(H,25,31)/b19-10-. The van der Waals surface area contributed by atoms with Gasteiger partial charge in [-0.3, -0.25) is 37.6 Å². The number of rotatable bonds is 4. The molecule has 36 heavy (non-hydrogen) atoms. The number of carbonyl (C=O) groups excluding carboxylic acids is 3. The van der Waals surface area contributed by atoms with Crippen LogP contribution in [0.2, 0.25) is 0 Å². The smallest absolute Gasteiger partial charge is 0.324 e. The third-order valence-corrected chi connectivity index (χ3v) is 7.23. The Morgan fingerprint density at radius 2 is 1.36 bits per heavy atom. The van der Waals surface area contributed by atoms with E-state index in [-0.39, 0.29) is 16.3 Å². The van der Waals surface area contributed by atoms with Crippen LogP contribution in [-0.2, 0) is 37.8 Å². The summed E-state index contributed by atoms with van der Waals surface area (Å²) in [6.07, 6.45) is 1.57. The Labute approximate surface area is 208 Å². The van der Waals surface area contributed by atoms with Gasteiger partial charge in [-0.05, 0) is 53.7 Å². The molecular formula is C24H22N6O5S. The van der Waals surface area contributed by atoms with Gasteiger partial charge in [0.1, 0.15) is 6.54 Å². The second kappa shape index (κ2) is 8.41. The highest BCUT2D eigenvalue weighted by atomic mass is 32.2. The van der Waals surface area contributed by atoms with E-state index in [0.717, 1.165) is 22.2 Å². The number of aryl methyl sites for hydroxylation is 4.